The number of benzene rings is 1. The van der Waals surface area contributed by atoms with E-state index in [-0.39, 0.29) is 30.5 Å². The quantitative estimate of drug-likeness (QED) is 0.868. The number of nitrogens with zero attached hydrogens (tertiary/aromatic N) is 1. The van der Waals surface area contributed by atoms with Gasteiger partial charge in [0, 0.05) is 31.8 Å². The highest BCUT2D eigenvalue weighted by Crippen LogP contribution is 2.17. The molecular weight excluding hydrogens is 304 g/mol. The van der Waals surface area contributed by atoms with Crippen LogP contribution in [0.2, 0.25) is 0 Å². The fourth-order valence-corrected chi connectivity index (χ4v) is 2.22. The number of likely N-dealkylation sites (N-methyl/N-ethyl adjacent to an activating group) is 1. The number of carbonyl (C=O) groups excluding carboxylic acids is 1. The molecule has 22 heavy (non-hydrogen) atoms. The molecule has 6 heteroatoms. The number of amides is 1. The van der Waals surface area contributed by atoms with Gasteiger partial charge in [-0.25, -0.2) is 0 Å². The first-order valence-electron chi connectivity index (χ1n) is 7.43. The van der Waals surface area contributed by atoms with Gasteiger partial charge in [-0.2, -0.15) is 0 Å². The highest BCUT2D eigenvalue weighted by Gasteiger charge is 2.17. The van der Waals surface area contributed by atoms with Crippen LogP contribution in [0.5, 0.6) is 5.75 Å². The number of ether oxygens (including phenoxy) is 2. The van der Waals surface area contributed by atoms with Crippen LogP contribution in [0.3, 0.4) is 0 Å². The number of halogens is 1. The molecule has 2 N–H and O–H groups in total. The van der Waals surface area contributed by atoms with Crippen molar-refractivity contribution >= 4 is 18.3 Å². The topological polar surface area (TPSA) is 64.8 Å². The van der Waals surface area contributed by atoms with Gasteiger partial charge in [0.25, 0.3) is 5.91 Å². The Morgan fingerprint density at radius 3 is 2.68 bits per heavy atom. The second-order valence-corrected chi connectivity index (χ2v) is 5.47. The molecule has 1 aromatic rings. The summed E-state index contributed by atoms with van der Waals surface area (Å²) in [6.45, 7) is 3.77. The van der Waals surface area contributed by atoms with Gasteiger partial charge in [0.15, 0.2) is 0 Å². The summed E-state index contributed by atoms with van der Waals surface area (Å²) >= 11 is 0. The van der Waals surface area contributed by atoms with E-state index < -0.39 is 0 Å². The van der Waals surface area contributed by atoms with Crippen molar-refractivity contribution in [3.8, 4) is 5.75 Å². The molecule has 0 aromatic heterocycles. The van der Waals surface area contributed by atoms with Crippen molar-refractivity contribution in [1.29, 1.82) is 0 Å². The molecule has 0 aliphatic carbocycles. The lowest BCUT2D eigenvalue weighted by atomic mass is 10.1. The second-order valence-electron chi connectivity index (χ2n) is 5.47. The van der Waals surface area contributed by atoms with Crippen molar-refractivity contribution in [3.63, 3.8) is 0 Å². The Hall–Kier alpha value is -1.30. The summed E-state index contributed by atoms with van der Waals surface area (Å²) in [6.07, 6.45) is 2.36. The normalized spacial score (nSPS) is 18.4. The Labute approximate surface area is 138 Å². The lowest BCUT2D eigenvalue weighted by Gasteiger charge is -2.23. The van der Waals surface area contributed by atoms with Crippen molar-refractivity contribution in [1.82, 2.24) is 4.90 Å². The molecule has 1 aliphatic rings. The van der Waals surface area contributed by atoms with Crippen LogP contribution in [0.1, 0.15) is 30.1 Å². The summed E-state index contributed by atoms with van der Waals surface area (Å²) in [4.78, 5) is 13.9. The van der Waals surface area contributed by atoms with Gasteiger partial charge in [0.2, 0.25) is 0 Å². The molecule has 1 amide bonds. The smallest absolute Gasteiger partial charge is 0.253 e. The van der Waals surface area contributed by atoms with E-state index >= 15 is 0 Å². The van der Waals surface area contributed by atoms with Crippen LogP contribution in [0, 0.1) is 0 Å². The van der Waals surface area contributed by atoms with E-state index in [9.17, 15) is 4.79 Å². The molecule has 2 rings (SSSR count). The van der Waals surface area contributed by atoms with Crippen molar-refractivity contribution in [2.75, 3.05) is 26.8 Å². The zero-order valence-electron chi connectivity index (χ0n) is 13.2. The highest BCUT2D eigenvalue weighted by molar-refractivity contribution is 5.94. The maximum atomic E-state index is 12.2. The fourth-order valence-electron chi connectivity index (χ4n) is 2.22. The van der Waals surface area contributed by atoms with Crippen LogP contribution < -0.4 is 10.5 Å². The zero-order valence-corrected chi connectivity index (χ0v) is 14.0. The highest BCUT2D eigenvalue weighted by atomic mass is 35.5. The van der Waals surface area contributed by atoms with Crippen molar-refractivity contribution in [2.45, 2.75) is 31.9 Å². The fraction of sp³-hybridized carbons (Fsp3) is 0.562. The van der Waals surface area contributed by atoms with E-state index in [1.54, 1.807) is 24.1 Å². The van der Waals surface area contributed by atoms with E-state index in [0.29, 0.717) is 18.7 Å². The number of hydrogen-bond donors (Lipinski definition) is 1. The van der Waals surface area contributed by atoms with Gasteiger partial charge < -0.3 is 20.1 Å². The summed E-state index contributed by atoms with van der Waals surface area (Å²) in [6, 6.07) is 7.24. The minimum Gasteiger partial charge on any atom is -0.491 e. The molecule has 1 fully saturated rings. The molecule has 0 spiro atoms. The monoisotopic (exact) mass is 328 g/mol. The molecule has 1 heterocycles. The molecule has 0 bridgehead atoms. The third-order valence-corrected chi connectivity index (χ3v) is 3.88. The van der Waals surface area contributed by atoms with Crippen LogP contribution in [0.25, 0.3) is 0 Å². The standard InChI is InChI=1S/C16H24N2O3.ClH/c1-12(10-17)18(2)16(19)13-5-7-14(8-6-13)21-11-15-4-3-9-20-15;/h5-8,12,15H,3-4,9-11,17H2,1-2H3;1H. The first-order chi connectivity index (χ1) is 10.1. The lowest BCUT2D eigenvalue weighted by Crippen LogP contribution is -2.39. The van der Waals surface area contributed by atoms with E-state index in [1.165, 1.54) is 0 Å². The maximum Gasteiger partial charge on any atom is 0.253 e. The van der Waals surface area contributed by atoms with E-state index in [4.69, 9.17) is 15.2 Å². The Bertz CT molecular complexity index is 461. The number of carbonyl (C=O) groups is 1. The molecular formula is C16H25ClN2O3. The molecule has 124 valence electrons. The minimum atomic E-state index is -0.0290. The summed E-state index contributed by atoms with van der Waals surface area (Å²) in [5, 5.41) is 0. The molecule has 0 radical (unpaired) electrons. The van der Waals surface area contributed by atoms with Gasteiger partial charge in [0.1, 0.15) is 12.4 Å². The third kappa shape index (κ3) is 4.87. The Kier molecular flexibility index (Phi) is 7.65. The van der Waals surface area contributed by atoms with Crippen molar-refractivity contribution in [2.24, 2.45) is 5.73 Å². The average Bonchev–Trinajstić information content (AvgIpc) is 3.04. The largest absolute Gasteiger partial charge is 0.491 e. The number of nitrogens with two attached hydrogens (primary N) is 1. The summed E-state index contributed by atoms with van der Waals surface area (Å²) in [5.74, 6) is 0.732. The van der Waals surface area contributed by atoms with Gasteiger partial charge in [-0.15, -0.1) is 12.4 Å². The van der Waals surface area contributed by atoms with Crippen LogP contribution in [0.15, 0.2) is 24.3 Å². The Balaban J connectivity index is 0.00000242. The van der Waals surface area contributed by atoms with E-state index in [2.05, 4.69) is 0 Å². The third-order valence-electron chi connectivity index (χ3n) is 3.88. The predicted octanol–water partition coefficient (Wildman–Crippen LogP) is 2.09. The first-order valence-corrected chi connectivity index (χ1v) is 7.43. The maximum absolute atomic E-state index is 12.2. The van der Waals surface area contributed by atoms with Gasteiger partial charge >= 0.3 is 0 Å². The van der Waals surface area contributed by atoms with Crippen LogP contribution >= 0.6 is 12.4 Å². The van der Waals surface area contributed by atoms with Crippen LogP contribution in [-0.2, 0) is 4.74 Å². The molecule has 0 saturated carbocycles. The first kappa shape index (κ1) is 18.7. The average molecular weight is 329 g/mol. The Morgan fingerprint density at radius 2 is 2.14 bits per heavy atom. The number of rotatable bonds is 6. The number of hydrogen-bond acceptors (Lipinski definition) is 4. The van der Waals surface area contributed by atoms with E-state index in [1.807, 2.05) is 19.1 Å². The van der Waals surface area contributed by atoms with Crippen molar-refractivity contribution < 1.29 is 14.3 Å². The minimum absolute atomic E-state index is 0. The van der Waals surface area contributed by atoms with Crippen LogP contribution in [-0.4, -0.2) is 49.8 Å². The molecule has 2 atom stereocenters. The SMILES string of the molecule is CC(CN)N(C)C(=O)c1ccc(OCC2CCCO2)cc1.Cl. The van der Waals surface area contributed by atoms with Crippen LogP contribution in [0.4, 0.5) is 0 Å². The van der Waals surface area contributed by atoms with Gasteiger partial charge in [-0.05, 0) is 44.0 Å². The summed E-state index contributed by atoms with van der Waals surface area (Å²) < 4.78 is 11.2. The van der Waals surface area contributed by atoms with Gasteiger partial charge in [-0.1, -0.05) is 0 Å². The molecule has 5 nitrogen and oxygen atoms in total. The predicted molar refractivity (Wildman–Crippen MR) is 88.8 cm³/mol. The molecule has 1 aliphatic heterocycles. The van der Waals surface area contributed by atoms with Gasteiger partial charge in [0.05, 0.1) is 6.10 Å². The summed E-state index contributed by atoms with van der Waals surface area (Å²) in [5.41, 5.74) is 6.23. The molecule has 1 saturated heterocycles. The summed E-state index contributed by atoms with van der Waals surface area (Å²) in [7, 11) is 1.77. The second kappa shape index (κ2) is 8.98. The van der Waals surface area contributed by atoms with Crippen molar-refractivity contribution in [3.05, 3.63) is 29.8 Å². The lowest BCUT2D eigenvalue weighted by molar-refractivity contribution is 0.0678. The Morgan fingerprint density at radius 1 is 1.45 bits per heavy atom. The van der Waals surface area contributed by atoms with E-state index in [0.717, 1.165) is 25.2 Å². The molecule has 1 aromatic carbocycles. The zero-order chi connectivity index (χ0) is 15.2. The van der Waals surface area contributed by atoms with Gasteiger partial charge in [-0.3, -0.25) is 4.79 Å². The molecule has 2 unspecified atom stereocenters.